The zero-order valence-electron chi connectivity index (χ0n) is 10.7. The lowest BCUT2D eigenvalue weighted by Crippen LogP contribution is -2.23. The Bertz CT molecular complexity index is 189. The highest BCUT2D eigenvalue weighted by molar-refractivity contribution is 5.72. The van der Waals surface area contributed by atoms with Gasteiger partial charge in [-0.05, 0) is 19.3 Å². The van der Waals surface area contributed by atoms with Crippen molar-refractivity contribution < 1.29 is 9.53 Å². The third-order valence-corrected chi connectivity index (χ3v) is 3.43. The number of ether oxygens (including phenoxy) is 1. The number of esters is 1. The molecular weight excluding hydrogens is 200 g/mol. The molecule has 1 aliphatic heterocycles. The number of hydrogen-bond donors (Lipinski definition) is 0. The minimum Gasteiger partial charge on any atom is -0.465 e. The average molecular weight is 226 g/mol. The lowest BCUT2D eigenvalue weighted by Gasteiger charge is -2.20. The van der Waals surface area contributed by atoms with Gasteiger partial charge in [0.1, 0.15) is 0 Å². The number of cyclic esters (lactones) is 1. The lowest BCUT2D eigenvalue weighted by molar-refractivity contribution is -0.153. The highest BCUT2D eigenvalue weighted by atomic mass is 16.5. The van der Waals surface area contributed by atoms with Gasteiger partial charge in [0.25, 0.3) is 0 Å². The molecule has 1 atom stereocenters. The fourth-order valence-corrected chi connectivity index (χ4v) is 2.35. The third kappa shape index (κ3) is 5.53. The van der Waals surface area contributed by atoms with Gasteiger partial charge in [0.15, 0.2) is 0 Å². The van der Waals surface area contributed by atoms with E-state index < -0.39 is 0 Å². The van der Waals surface area contributed by atoms with Crippen molar-refractivity contribution in [3.05, 3.63) is 0 Å². The second-order valence-corrected chi connectivity index (χ2v) is 4.92. The topological polar surface area (TPSA) is 26.3 Å². The SMILES string of the molecule is CCCCCCCCCC1CCCOC1=O. The molecule has 0 bridgehead atoms. The largest absolute Gasteiger partial charge is 0.465 e. The summed E-state index contributed by atoms with van der Waals surface area (Å²) in [5, 5.41) is 0. The highest BCUT2D eigenvalue weighted by Crippen LogP contribution is 2.21. The van der Waals surface area contributed by atoms with Crippen LogP contribution in [0.2, 0.25) is 0 Å². The van der Waals surface area contributed by atoms with Crippen LogP contribution in [0.4, 0.5) is 0 Å². The van der Waals surface area contributed by atoms with E-state index in [2.05, 4.69) is 6.92 Å². The smallest absolute Gasteiger partial charge is 0.308 e. The molecule has 2 heteroatoms. The lowest BCUT2D eigenvalue weighted by atomic mass is 9.94. The van der Waals surface area contributed by atoms with Crippen molar-refractivity contribution in [3.63, 3.8) is 0 Å². The van der Waals surface area contributed by atoms with E-state index in [1.165, 1.54) is 44.9 Å². The third-order valence-electron chi connectivity index (χ3n) is 3.43. The van der Waals surface area contributed by atoms with Crippen LogP contribution in [0.15, 0.2) is 0 Å². The van der Waals surface area contributed by atoms with Crippen LogP contribution in [0.1, 0.15) is 71.1 Å². The Kier molecular flexibility index (Phi) is 7.28. The van der Waals surface area contributed by atoms with Gasteiger partial charge < -0.3 is 4.74 Å². The Balaban J connectivity index is 1.92. The number of carbonyl (C=O) groups excluding carboxylic acids is 1. The van der Waals surface area contributed by atoms with E-state index >= 15 is 0 Å². The summed E-state index contributed by atoms with van der Waals surface area (Å²) < 4.78 is 5.06. The molecule has 1 aliphatic rings. The summed E-state index contributed by atoms with van der Waals surface area (Å²) >= 11 is 0. The number of rotatable bonds is 8. The van der Waals surface area contributed by atoms with E-state index in [1.54, 1.807) is 0 Å². The van der Waals surface area contributed by atoms with Crippen LogP contribution in [0, 0.1) is 5.92 Å². The summed E-state index contributed by atoms with van der Waals surface area (Å²) in [6.07, 6.45) is 12.4. The Hall–Kier alpha value is -0.530. The van der Waals surface area contributed by atoms with Gasteiger partial charge in [-0.1, -0.05) is 51.9 Å². The van der Waals surface area contributed by atoms with E-state index in [0.717, 1.165) is 19.3 Å². The molecule has 0 radical (unpaired) electrons. The molecule has 0 saturated carbocycles. The van der Waals surface area contributed by atoms with Crippen molar-refractivity contribution >= 4 is 5.97 Å². The summed E-state index contributed by atoms with van der Waals surface area (Å²) in [6.45, 7) is 2.89. The summed E-state index contributed by atoms with van der Waals surface area (Å²) in [5.41, 5.74) is 0. The summed E-state index contributed by atoms with van der Waals surface area (Å²) in [4.78, 5) is 11.4. The maximum absolute atomic E-state index is 11.4. The molecule has 0 spiro atoms. The van der Waals surface area contributed by atoms with Gasteiger partial charge in [-0.15, -0.1) is 0 Å². The molecule has 94 valence electrons. The molecule has 1 fully saturated rings. The van der Waals surface area contributed by atoms with Gasteiger partial charge >= 0.3 is 5.97 Å². The van der Waals surface area contributed by atoms with Gasteiger partial charge in [-0.25, -0.2) is 0 Å². The van der Waals surface area contributed by atoms with Crippen molar-refractivity contribution in [3.8, 4) is 0 Å². The second-order valence-electron chi connectivity index (χ2n) is 4.92. The first kappa shape index (κ1) is 13.5. The second kappa shape index (κ2) is 8.60. The summed E-state index contributed by atoms with van der Waals surface area (Å²) in [5.74, 6) is 0.265. The molecule has 0 aromatic carbocycles. The zero-order chi connectivity index (χ0) is 11.6. The number of carbonyl (C=O) groups is 1. The predicted molar refractivity (Wildman–Crippen MR) is 66.3 cm³/mol. The molecule has 16 heavy (non-hydrogen) atoms. The van der Waals surface area contributed by atoms with E-state index in [-0.39, 0.29) is 11.9 Å². The van der Waals surface area contributed by atoms with Crippen molar-refractivity contribution in [2.75, 3.05) is 6.61 Å². The molecule has 0 N–H and O–H groups in total. The first-order chi connectivity index (χ1) is 7.84. The van der Waals surface area contributed by atoms with Crippen LogP contribution in [0.25, 0.3) is 0 Å². The monoisotopic (exact) mass is 226 g/mol. The van der Waals surface area contributed by atoms with Crippen LogP contribution >= 0.6 is 0 Å². The van der Waals surface area contributed by atoms with Crippen molar-refractivity contribution in [2.45, 2.75) is 71.1 Å². The Labute approximate surface area is 99.8 Å². The van der Waals surface area contributed by atoms with Crippen LogP contribution in [0.3, 0.4) is 0 Å². The fourth-order valence-electron chi connectivity index (χ4n) is 2.35. The van der Waals surface area contributed by atoms with Crippen LogP contribution < -0.4 is 0 Å². The first-order valence-electron chi connectivity index (χ1n) is 7.01. The Morgan fingerprint density at radius 1 is 1.12 bits per heavy atom. The first-order valence-corrected chi connectivity index (χ1v) is 7.01. The fraction of sp³-hybridized carbons (Fsp3) is 0.929. The molecular formula is C14H26O2. The van der Waals surface area contributed by atoms with Crippen LogP contribution in [-0.4, -0.2) is 12.6 Å². The number of unbranched alkanes of at least 4 members (excludes halogenated alkanes) is 6. The molecule has 1 heterocycles. The van der Waals surface area contributed by atoms with Gasteiger partial charge in [0.05, 0.1) is 12.5 Å². The van der Waals surface area contributed by atoms with E-state index in [9.17, 15) is 4.79 Å². The Morgan fingerprint density at radius 3 is 2.50 bits per heavy atom. The maximum Gasteiger partial charge on any atom is 0.308 e. The molecule has 1 rings (SSSR count). The molecule has 0 aliphatic carbocycles. The van der Waals surface area contributed by atoms with E-state index in [1.807, 2.05) is 0 Å². The Morgan fingerprint density at radius 2 is 1.81 bits per heavy atom. The highest BCUT2D eigenvalue weighted by Gasteiger charge is 2.22. The minimum atomic E-state index is 0.0530. The average Bonchev–Trinajstić information content (AvgIpc) is 2.30. The molecule has 0 aromatic rings. The molecule has 1 saturated heterocycles. The molecule has 1 unspecified atom stereocenters. The van der Waals surface area contributed by atoms with E-state index in [0.29, 0.717) is 6.61 Å². The van der Waals surface area contributed by atoms with Crippen LogP contribution in [-0.2, 0) is 9.53 Å². The predicted octanol–water partition coefficient (Wildman–Crippen LogP) is 4.08. The van der Waals surface area contributed by atoms with E-state index in [4.69, 9.17) is 4.74 Å². The van der Waals surface area contributed by atoms with Crippen LogP contribution in [0.5, 0.6) is 0 Å². The van der Waals surface area contributed by atoms with Crippen molar-refractivity contribution in [2.24, 2.45) is 5.92 Å². The molecule has 0 aromatic heterocycles. The normalized spacial score (nSPS) is 20.8. The maximum atomic E-state index is 11.4. The minimum absolute atomic E-state index is 0.0530. The summed E-state index contributed by atoms with van der Waals surface area (Å²) in [7, 11) is 0. The van der Waals surface area contributed by atoms with Gasteiger partial charge in [0, 0.05) is 0 Å². The zero-order valence-corrected chi connectivity index (χ0v) is 10.7. The van der Waals surface area contributed by atoms with Gasteiger partial charge in [0.2, 0.25) is 0 Å². The number of hydrogen-bond acceptors (Lipinski definition) is 2. The van der Waals surface area contributed by atoms with Gasteiger partial charge in [-0.3, -0.25) is 4.79 Å². The molecule has 2 nitrogen and oxygen atoms in total. The standard InChI is InChI=1S/C14H26O2/c1-2-3-4-5-6-7-8-10-13-11-9-12-16-14(13)15/h13H,2-12H2,1H3. The molecule has 0 amide bonds. The van der Waals surface area contributed by atoms with Crippen molar-refractivity contribution in [1.29, 1.82) is 0 Å². The summed E-state index contributed by atoms with van der Waals surface area (Å²) in [6, 6.07) is 0. The van der Waals surface area contributed by atoms with Crippen molar-refractivity contribution in [1.82, 2.24) is 0 Å². The van der Waals surface area contributed by atoms with Gasteiger partial charge in [-0.2, -0.15) is 0 Å². The quantitative estimate of drug-likeness (QED) is 0.460.